The summed E-state index contributed by atoms with van der Waals surface area (Å²) < 4.78 is 0. The van der Waals surface area contributed by atoms with E-state index in [-0.39, 0.29) is 0 Å². The Morgan fingerprint density at radius 3 is 2.63 bits per heavy atom. The first-order chi connectivity index (χ1) is 9.33. The first kappa shape index (κ1) is 12.8. The first-order valence-corrected chi connectivity index (χ1v) is 7.75. The summed E-state index contributed by atoms with van der Waals surface area (Å²) in [7, 11) is 2.22. The van der Waals surface area contributed by atoms with Crippen LogP contribution in [0.5, 0.6) is 0 Å². The van der Waals surface area contributed by atoms with E-state index in [2.05, 4.69) is 66.5 Å². The fourth-order valence-electron chi connectivity index (χ4n) is 2.72. The number of nitrogens with zero attached hydrogens (tertiary/aromatic N) is 1. The predicted molar refractivity (Wildman–Crippen MR) is 82.7 cm³/mol. The molecule has 0 amide bonds. The van der Waals surface area contributed by atoms with Crippen molar-refractivity contribution in [3.8, 4) is 0 Å². The molecule has 98 valence electrons. The van der Waals surface area contributed by atoms with E-state index in [1.165, 1.54) is 21.8 Å². The predicted octanol–water partition coefficient (Wildman–Crippen LogP) is 4.01. The molecule has 0 spiro atoms. The number of fused-ring (bicyclic) bond motifs is 1. The molecule has 1 aliphatic heterocycles. The van der Waals surface area contributed by atoms with Crippen LogP contribution in [0.25, 0.3) is 0 Å². The van der Waals surface area contributed by atoms with Crippen molar-refractivity contribution in [1.29, 1.82) is 0 Å². The summed E-state index contributed by atoms with van der Waals surface area (Å²) >= 11 is 2.00. The molecule has 1 nitrogen and oxygen atoms in total. The van der Waals surface area contributed by atoms with E-state index >= 15 is 0 Å². The maximum Gasteiger partial charge on any atom is 0.0230 e. The lowest BCUT2D eigenvalue weighted by molar-refractivity contribution is 0.311. The Balaban J connectivity index is 1.63. The first-order valence-electron chi connectivity index (χ1n) is 6.77. The fourth-order valence-corrected chi connectivity index (χ4v) is 3.96. The topological polar surface area (TPSA) is 3.24 Å². The molecule has 0 N–H and O–H groups in total. The molecule has 1 heterocycles. The van der Waals surface area contributed by atoms with Crippen LogP contribution in [0.15, 0.2) is 59.5 Å². The van der Waals surface area contributed by atoms with Gasteiger partial charge in [-0.2, -0.15) is 0 Å². The van der Waals surface area contributed by atoms with E-state index in [0.717, 1.165) is 13.1 Å². The third kappa shape index (κ3) is 3.02. The van der Waals surface area contributed by atoms with Crippen molar-refractivity contribution < 1.29 is 0 Å². The molecular weight excluding hydrogens is 250 g/mol. The SMILES string of the molecule is CN(Cc1ccccc1)CC1CSc2ccccc21. The van der Waals surface area contributed by atoms with Crippen LogP contribution < -0.4 is 0 Å². The summed E-state index contributed by atoms with van der Waals surface area (Å²) in [5.41, 5.74) is 2.93. The van der Waals surface area contributed by atoms with Crippen molar-refractivity contribution in [2.75, 3.05) is 19.3 Å². The van der Waals surface area contributed by atoms with Gasteiger partial charge < -0.3 is 4.90 Å². The summed E-state index contributed by atoms with van der Waals surface area (Å²) in [6.45, 7) is 2.17. The Hall–Kier alpha value is -1.25. The molecule has 2 aromatic rings. The van der Waals surface area contributed by atoms with Crippen LogP contribution in [0.1, 0.15) is 17.0 Å². The third-order valence-electron chi connectivity index (χ3n) is 3.63. The highest BCUT2D eigenvalue weighted by molar-refractivity contribution is 7.99. The molecule has 0 saturated carbocycles. The molecule has 2 heteroatoms. The Labute approximate surface area is 119 Å². The molecule has 1 aliphatic rings. The normalized spacial score (nSPS) is 17.7. The second-order valence-electron chi connectivity index (χ2n) is 5.23. The van der Waals surface area contributed by atoms with Crippen LogP contribution >= 0.6 is 11.8 Å². The number of rotatable bonds is 4. The van der Waals surface area contributed by atoms with Gasteiger partial charge in [0.15, 0.2) is 0 Å². The highest BCUT2D eigenvalue weighted by Gasteiger charge is 2.23. The third-order valence-corrected chi connectivity index (χ3v) is 4.88. The number of hydrogen-bond acceptors (Lipinski definition) is 2. The van der Waals surface area contributed by atoms with Crippen molar-refractivity contribution in [3.05, 3.63) is 65.7 Å². The number of benzene rings is 2. The molecular formula is C17H19NS. The van der Waals surface area contributed by atoms with Gasteiger partial charge in [0.2, 0.25) is 0 Å². The zero-order valence-corrected chi connectivity index (χ0v) is 12.1. The number of likely N-dealkylation sites (N-methyl/N-ethyl adjacent to an activating group) is 1. The zero-order valence-electron chi connectivity index (χ0n) is 11.3. The van der Waals surface area contributed by atoms with Gasteiger partial charge in [0.1, 0.15) is 0 Å². The Morgan fingerprint density at radius 2 is 1.79 bits per heavy atom. The van der Waals surface area contributed by atoms with Crippen LogP contribution in [-0.4, -0.2) is 24.2 Å². The highest BCUT2D eigenvalue weighted by atomic mass is 32.2. The van der Waals surface area contributed by atoms with Gasteiger partial charge in [-0.15, -0.1) is 11.8 Å². The quantitative estimate of drug-likeness (QED) is 0.825. The summed E-state index contributed by atoms with van der Waals surface area (Å²) in [4.78, 5) is 3.91. The molecule has 3 rings (SSSR count). The van der Waals surface area contributed by atoms with Crippen LogP contribution in [0.4, 0.5) is 0 Å². The van der Waals surface area contributed by atoms with Crippen molar-refractivity contribution >= 4 is 11.8 Å². The van der Waals surface area contributed by atoms with Crippen LogP contribution in [0.2, 0.25) is 0 Å². The van der Waals surface area contributed by atoms with Gasteiger partial charge in [-0.25, -0.2) is 0 Å². The summed E-state index contributed by atoms with van der Waals surface area (Å²) in [6.07, 6.45) is 0. The van der Waals surface area contributed by atoms with Gasteiger partial charge in [-0.05, 0) is 24.2 Å². The van der Waals surface area contributed by atoms with Gasteiger partial charge in [-0.3, -0.25) is 0 Å². The molecule has 0 aliphatic carbocycles. The lowest BCUT2D eigenvalue weighted by atomic mass is 10.0. The smallest absolute Gasteiger partial charge is 0.0230 e. The van der Waals surface area contributed by atoms with Crippen molar-refractivity contribution in [2.45, 2.75) is 17.4 Å². The van der Waals surface area contributed by atoms with Gasteiger partial charge in [0.05, 0.1) is 0 Å². The largest absolute Gasteiger partial charge is 0.301 e. The van der Waals surface area contributed by atoms with E-state index in [1.54, 1.807) is 0 Å². The number of hydrogen-bond donors (Lipinski definition) is 0. The molecule has 0 saturated heterocycles. The minimum atomic E-state index is 0.676. The summed E-state index contributed by atoms with van der Waals surface area (Å²) in [5.74, 6) is 1.90. The molecule has 1 unspecified atom stereocenters. The molecule has 2 aromatic carbocycles. The van der Waals surface area contributed by atoms with E-state index in [4.69, 9.17) is 0 Å². The molecule has 19 heavy (non-hydrogen) atoms. The Bertz CT molecular complexity index is 538. The molecule has 0 aromatic heterocycles. The van der Waals surface area contributed by atoms with Crippen LogP contribution in [0, 0.1) is 0 Å². The van der Waals surface area contributed by atoms with E-state index < -0.39 is 0 Å². The molecule has 0 radical (unpaired) electrons. The van der Waals surface area contributed by atoms with E-state index in [0.29, 0.717) is 5.92 Å². The van der Waals surface area contributed by atoms with Crippen LogP contribution in [-0.2, 0) is 6.54 Å². The second-order valence-corrected chi connectivity index (χ2v) is 6.29. The van der Waals surface area contributed by atoms with Gasteiger partial charge in [0.25, 0.3) is 0 Å². The number of thioether (sulfide) groups is 1. The summed E-state index contributed by atoms with van der Waals surface area (Å²) in [5, 5.41) is 0. The molecule has 0 bridgehead atoms. The standard InChI is InChI=1S/C17H19NS/c1-18(11-14-7-3-2-4-8-14)12-15-13-19-17-10-6-5-9-16(15)17/h2-10,15H,11-13H2,1H3. The second kappa shape index (κ2) is 5.81. The van der Waals surface area contributed by atoms with Crippen molar-refractivity contribution in [2.24, 2.45) is 0 Å². The van der Waals surface area contributed by atoms with Crippen LogP contribution in [0.3, 0.4) is 0 Å². The lowest BCUT2D eigenvalue weighted by Crippen LogP contribution is -2.24. The average Bonchev–Trinajstić information content (AvgIpc) is 2.83. The van der Waals surface area contributed by atoms with E-state index in [9.17, 15) is 0 Å². The lowest BCUT2D eigenvalue weighted by Gasteiger charge is -2.21. The Morgan fingerprint density at radius 1 is 1.05 bits per heavy atom. The maximum atomic E-state index is 2.43. The van der Waals surface area contributed by atoms with Gasteiger partial charge >= 0.3 is 0 Å². The molecule has 1 atom stereocenters. The Kier molecular flexibility index (Phi) is 3.90. The minimum Gasteiger partial charge on any atom is -0.301 e. The average molecular weight is 269 g/mol. The van der Waals surface area contributed by atoms with Gasteiger partial charge in [-0.1, -0.05) is 48.5 Å². The highest BCUT2D eigenvalue weighted by Crippen LogP contribution is 2.39. The van der Waals surface area contributed by atoms with E-state index in [1.807, 2.05) is 11.8 Å². The minimum absolute atomic E-state index is 0.676. The zero-order chi connectivity index (χ0) is 13.1. The van der Waals surface area contributed by atoms with Crippen molar-refractivity contribution in [3.63, 3.8) is 0 Å². The van der Waals surface area contributed by atoms with Crippen molar-refractivity contribution in [1.82, 2.24) is 4.90 Å². The monoisotopic (exact) mass is 269 g/mol. The summed E-state index contributed by atoms with van der Waals surface area (Å²) in [6, 6.07) is 19.5. The van der Waals surface area contributed by atoms with Gasteiger partial charge in [0, 0.05) is 29.7 Å². The fraction of sp³-hybridized carbons (Fsp3) is 0.294. The maximum absolute atomic E-state index is 2.43. The molecule has 0 fully saturated rings.